The fourth-order valence-electron chi connectivity index (χ4n) is 3.40. The van der Waals surface area contributed by atoms with Gasteiger partial charge in [-0.3, -0.25) is 14.4 Å². The van der Waals surface area contributed by atoms with Gasteiger partial charge in [0.2, 0.25) is 17.7 Å². The number of nitrogens with one attached hydrogen (secondary N) is 2. The summed E-state index contributed by atoms with van der Waals surface area (Å²) >= 11 is 0. The number of hydrogen-bond donors (Lipinski definition) is 2. The fraction of sp³-hybridized carbons (Fsp3) is 0.320. The molecule has 0 radical (unpaired) electrons. The molecule has 2 N–H and O–H groups in total. The number of nitrogens with zero attached hydrogens (tertiary/aromatic N) is 1. The Morgan fingerprint density at radius 3 is 2.69 bits per heavy atom. The van der Waals surface area contributed by atoms with Crippen molar-refractivity contribution in [3.63, 3.8) is 0 Å². The van der Waals surface area contributed by atoms with Crippen LogP contribution in [0.3, 0.4) is 0 Å². The summed E-state index contributed by atoms with van der Waals surface area (Å²) in [7, 11) is 0. The van der Waals surface area contributed by atoms with Crippen LogP contribution in [0.1, 0.15) is 24.5 Å². The van der Waals surface area contributed by atoms with E-state index < -0.39 is 5.92 Å². The third kappa shape index (κ3) is 6.11. The van der Waals surface area contributed by atoms with Gasteiger partial charge >= 0.3 is 0 Å². The van der Waals surface area contributed by atoms with E-state index in [0.717, 1.165) is 16.8 Å². The Kier molecular flexibility index (Phi) is 7.50. The monoisotopic (exact) mass is 433 g/mol. The quantitative estimate of drug-likeness (QED) is 0.686. The van der Waals surface area contributed by atoms with Gasteiger partial charge in [-0.05, 0) is 49.2 Å². The normalized spacial score (nSPS) is 15.0. The van der Waals surface area contributed by atoms with Gasteiger partial charge < -0.3 is 20.3 Å². The Morgan fingerprint density at radius 1 is 1.12 bits per heavy atom. The van der Waals surface area contributed by atoms with Gasteiger partial charge in [0.05, 0.1) is 12.5 Å². The highest BCUT2D eigenvalue weighted by molar-refractivity contribution is 6.00. The summed E-state index contributed by atoms with van der Waals surface area (Å²) in [5.41, 5.74) is 3.75. The molecule has 0 aliphatic carbocycles. The number of anilines is 2. The summed E-state index contributed by atoms with van der Waals surface area (Å²) in [6.45, 7) is 6.18. The predicted molar refractivity (Wildman–Crippen MR) is 123 cm³/mol. The summed E-state index contributed by atoms with van der Waals surface area (Å²) in [6.07, 6.45) is 0.194. The molecule has 1 aliphatic rings. The van der Waals surface area contributed by atoms with Gasteiger partial charge in [-0.2, -0.15) is 0 Å². The van der Waals surface area contributed by atoms with Crippen molar-refractivity contribution in [2.24, 2.45) is 5.92 Å². The zero-order valence-corrected chi connectivity index (χ0v) is 18.5. The van der Waals surface area contributed by atoms with E-state index in [1.165, 1.54) is 6.92 Å². The maximum Gasteiger partial charge on any atom is 0.227 e. The van der Waals surface area contributed by atoms with Gasteiger partial charge in [-0.15, -0.1) is 0 Å². The minimum absolute atomic E-state index is 0.0469. The number of ether oxygens (including phenoxy) is 1. The van der Waals surface area contributed by atoms with Crippen LogP contribution in [-0.4, -0.2) is 37.4 Å². The van der Waals surface area contributed by atoms with E-state index in [1.807, 2.05) is 32.0 Å². The lowest BCUT2D eigenvalue weighted by atomic mass is 10.1. The first kappa shape index (κ1) is 22.9. The molecular weight excluding hydrogens is 406 g/mol. The maximum absolute atomic E-state index is 12.4. The Labute approximate surface area is 188 Å². The molecule has 3 amide bonds. The summed E-state index contributed by atoms with van der Waals surface area (Å²) in [5.74, 6) is 5.51. The second kappa shape index (κ2) is 10.5. The zero-order valence-electron chi connectivity index (χ0n) is 18.5. The lowest BCUT2D eigenvalue weighted by Crippen LogP contribution is -2.33. The molecule has 1 atom stereocenters. The van der Waals surface area contributed by atoms with Gasteiger partial charge in [-0.25, -0.2) is 0 Å². The second-order valence-electron chi connectivity index (χ2n) is 7.74. The number of benzene rings is 2. The maximum atomic E-state index is 12.4. The van der Waals surface area contributed by atoms with Crippen LogP contribution in [0.2, 0.25) is 0 Å². The van der Waals surface area contributed by atoms with E-state index in [9.17, 15) is 14.4 Å². The summed E-state index contributed by atoms with van der Waals surface area (Å²) in [4.78, 5) is 37.6. The molecule has 2 aromatic rings. The minimum atomic E-state index is -0.390. The molecule has 166 valence electrons. The van der Waals surface area contributed by atoms with Crippen molar-refractivity contribution in [1.29, 1.82) is 0 Å². The van der Waals surface area contributed by atoms with Crippen LogP contribution in [0, 0.1) is 31.6 Å². The highest BCUT2D eigenvalue weighted by atomic mass is 16.5. The van der Waals surface area contributed by atoms with Gasteiger partial charge in [0.15, 0.2) is 0 Å². The topological polar surface area (TPSA) is 87.7 Å². The van der Waals surface area contributed by atoms with E-state index in [4.69, 9.17) is 4.74 Å². The van der Waals surface area contributed by atoms with Crippen LogP contribution < -0.4 is 20.3 Å². The first-order valence-electron chi connectivity index (χ1n) is 10.4. The van der Waals surface area contributed by atoms with Crippen molar-refractivity contribution in [1.82, 2.24) is 5.32 Å². The standard InChI is InChI=1S/C25H27N3O4/c1-17-9-10-22(13-18(17)2)28-16-20(14-24(28)30)25(31)26-11-4-5-12-32-23-8-6-7-21(15-23)27-19(3)29/h6-10,13,15,20H,11-12,14,16H2,1-3H3,(H,26,31)(H,27,29). The summed E-state index contributed by atoms with van der Waals surface area (Å²) in [6, 6.07) is 12.9. The number of hydrogen-bond acceptors (Lipinski definition) is 4. The van der Waals surface area contributed by atoms with Crippen molar-refractivity contribution >= 4 is 29.1 Å². The fourth-order valence-corrected chi connectivity index (χ4v) is 3.40. The highest BCUT2D eigenvalue weighted by Crippen LogP contribution is 2.26. The molecule has 0 saturated carbocycles. The Balaban J connectivity index is 1.44. The van der Waals surface area contributed by atoms with Gasteiger partial charge in [0.25, 0.3) is 0 Å². The molecule has 0 bridgehead atoms. The number of aryl methyl sites for hydroxylation is 2. The van der Waals surface area contributed by atoms with E-state index >= 15 is 0 Å². The molecule has 1 unspecified atom stereocenters. The second-order valence-corrected chi connectivity index (χ2v) is 7.74. The molecular formula is C25H27N3O4. The lowest BCUT2D eigenvalue weighted by Gasteiger charge is -2.17. The number of rotatable bonds is 6. The van der Waals surface area contributed by atoms with Crippen molar-refractivity contribution in [3.8, 4) is 17.6 Å². The van der Waals surface area contributed by atoms with Gasteiger partial charge in [0, 0.05) is 37.3 Å². The van der Waals surface area contributed by atoms with Crippen LogP contribution in [0.25, 0.3) is 0 Å². The third-order valence-electron chi connectivity index (χ3n) is 5.24. The molecule has 1 aliphatic heterocycles. The minimum Gasteiger partial charge on any atom is -0.481 e. The van der Waals surface area contributed by atoms with E-state index in [1.54, 1.807) is 29.2 Å². The van der Waals surface area contributed by atoms with Crippen molar-refractivity contribution in [3.05, 3.63) is 53.6 Å². The average molecular weight is 434 g/mol. The van der Waals surface area contributed by atoms with E-state index in [2.05, 4.69) is 22.5 Å². The van der Waals surface area contributed by atoms with Gasteiger partial charge in [-0.1, -0.05) is 24.0 Å². The van der Waals surface area contributed by atoms with E-state index in [-0.39, 0.29) is 37.3 Å². The van der Waals surface area contributed by atoms with Crippen molar-refractivity contribution in [2.45, 2.75) is 27.2 Å². The SMILES string of the molecule is CC(=O)Nc1cccc(OCC#CCNC(=O)C2CC(=O)N(c3ccc(C)c(C)c3)C2)c1. The van der Waals surface area contributed by atoms with E-state index in [0.29, 0.717) is 18.0 Å². The molecule has 7 nitrogen and oxygen atoms in total. The predicted octanol–water partition coefficient (Wildman–Crippen LogP) is 2.81. The average Bonchev–Trinajstić information content (AvgIpc) is 3.14. The van der Waals surface area contributed by atoms with Crippen molar-refractivity contribution in [2.75, 3.05) is 29.9 Å². The largest absolute Gasteiger partial charge is 0.481 e. The number of amides is 3. The Hall–Kier alpha value is -3.79. The summed E-state index contributed by atoms with van der Waals surface area (Å²) < 4.78 is 5.54. The van der Waals surface area contributed by atoms with Gasteiger partial charge in [0.1, 0.15) is 12.4 Å². The molecule has 0 aromatic heterocycles. The summed E-state index contributed by atoms with van der Waals surface area (Å²) in [5, 5.41) is 5.46. The molecule has 7 heteroatoms. The molecule has 3 rings (SSSR count). The Morgan fingerprint density at radius 2 is 1.94 bits per heavy atom. The van der Waals surface area contributed by atoms with Crippen LogP contribution in [0.15, 0.2) is 42.5 Å². The lowest BCUT2D eigenvalue weighted by molar-refractivity contribution is -0.126. The smallest absolute Gasteiger partial charge is 0.227 e. The molecule has 1 saturated heterocycles. The Bertz CT molecular complexity index is 1080. The molecule has 2 aromatic carbocycles. The highest BCUT2D eigenvalue weighted by Gasteiger charge is 2.34. The van der Waals surface area contributed by atoms with Crippen molar-refractivity contribution < 1.29 is 19.1 Å². The third-order valence-corrected chi connectivity index (χ3v) is 5.24. The molecule has 0 spiro atoms. The first-order chi connectivity index (χ1) is 15.3. The molecule has 1 fully saturated rings. The number of carbonyl (C=O) groups excluding carboxylic acids is 3. The first-order valence-corrected chi connectivity index (χ1v) is 10.4. The zero-order chi connectivity index (χ0) is 23.1. The van der Waals surface area contributed by atoms with Crippen LogP contribution in [-0.2, 0) is 14.4 Å². The van der Waals surface area contributed by atoms with Crippen LogP contribution >= 0.6 is 0 Å². The molecule has 32 heavy (non-hydrogen) atoms. The number of carbonyl (C=O) groups is 3. The van der Waals surface area contributed by atoms with Crippen LogP contribution in [0.4, 0.5) is 11.4 Å². The molecule has 1 heterocycles. The van der Waals surface area contributed by atoms with Crippen LogP contribution in [0.5, 0.6) is 5.75 Å².